The molecule has 0 spiro atoms. The summed E-state index contributed by atoms with van der Waals surface area (Å²) in [7, 11) is 0. The highest BCUT2D eigenvalue weighted by molar-refractivity contribution is 5.91. The highest BCUT2D eigenvalue weighted by Crippen LogP contribution is 2.34. The fraction of sp³-hybridized carbons (Fsp3) is 0.500. The van der Waals surface area contributed by atoms with Gasteiger partial charge in [-0.3, -0.25) is 9.59 Å². The van der Waals surface area contributed by atoms with Gasteiger partial charge in [-0.2, -0.15) is 4.98 Å². The summed E-state index contributed by atoms with van der Waals surface area (Å²) in [4.78, 5) is 28.9. The molecule has 33 heavy (non-hydrogen) atoms. The lowest BCUT2D eigenvalue weighted by Gasteiger charge is -2.30. The molecule has 1 aliphatic carbocycles. The Bertz CT molecular complexity index is 1100. The van der Waals surface area contributed by atoms with Gasteiger partial charge in [-0.05, 0) is 54.0 Å². The second-order valence-corrected chi connectivity index (χ2v) is 8.49. The molecule has 11 heteroatoms. The molecule has 0 aliphatic heterocycles. The van der Waals surface area contributed by atoms with Crippen molar-refractivity contribution in [2.24, 2.45) is 0 Å². The van der Waals surface area contributed by atoms with E-state index >= 15 is 0 Å². The van der Waals surface area contributed by atoms with Gasteiger partial charge >= 0.3 is 0 Å². The Morgan fingerprint density at radius 2 is 1.97 bits per heavy atom. The van der Waals surface area contributed by atoms with Crippen molar-refractivity contribution < 1.29 is 14.1 Å². The van der Waals surface area contributed by atoms with E-state index in [1.54, 1.807) is 10.7 Å². The van der Waals surface area contributed by atoms with Crippen LogP contribution in [-0.2, 0) is 21.5 Å². The lowest BCUT2D eigenvalue weighted by molar-refractivity contribution is -0.121. The van der Waals surface area contributed by atoms with Crippen LogP contribution in [0.5, 0.6) is 0 Å². The maximum Gasteiger partial charge on any atom is 0.227 e. The second kappa shape index (κ2) is 9.88. The first kappa shape index (κ1) is 22.6. The molecular formula is C22H28N8O3. The van der Waals surface area contributed by atoms with Crippen LogP contribution < -0.4 is 10.6 Å². The zero-order chi connectivity index (χ0) is 23.3. The van der Waals surface area contributed by atoms with Crippen LogP contribution in [-0.4, -0.2) is 42.2 Å². The average molecular weight is 453 g/mol. The fourth-order valence-corrected chi connectivity index (χ4v) is 4.33. The number of amides is 2. The van der Waals surface area contributed by atoms with Crippen molar-refractivity contribution >= 4 is 17.5 Å². The molecule has 0 unspecified atom stereocenters. The summed E-state index contributed by atoms with van der Waals surface area (Å²) in [6, 6.07) is 5.51. The topological polar surface area (TPSA) is 141 Å². The van der Waals surface area contributed by atoms with Crippen molar-refractivity contribution in [2.75, 3.05) is 5.32 Å². The minimum Gasteiger partial charge on any atom is -0.343 e. The van der Waals surface area contributed by atoms with Crippen molar-refractivity contribution in [3.63, 3.8) is 0 Å². The van der Waals surface area contributed by atoms with Gasteiger partial charge in [0, 0.05) is 25.5 Å². The number of tetrazole rings is 1. The highest BCUT2D eigenvalue weighted by atomic mass is 16.5. The van der Waals surface area contributed by atoms with Gasteiger partial charge in [0.05, 0.1) is 5.69 Å². The number of carbonyl (C=O) groups excluding carboxylic acids is 2. The minimum absolute atomic E-state index is 0.107. The predicted octanol–water partition coefficient (Wildman–Crippen LogP) is 2.61. The van der Waals surface area contributed by atoms with Crippen molar-refractivity contribution in [2.45, 2.75) is 70.8 Å². The van der Waals surface area contributed by atoms with Crippen molar-refractivity contribution in [1.82, 2.24) is 35.7 Å². The van der Waals surface area contributed by atoms with Crippen LogP contribution in [0.2, 0.25) is 0 Å². The largest absolute Gasteiger partial charge is 0.343 e. The number of hydrogen-bond acceptors (Lipinski definition) is 8. The summed E-state index contributed by atoms with van der Waals surface area (Å²) in [5.74, 6) is 0.627. The molecule has 1 fully saturated rings. The molecule has 11 nitrogen and oxygen atoms in total. The monoisotopic (exact) mass is 452 g/mol. The molecule has 4 rings (SSSR count). The van der Waals surface area contributed by atoms with Crippen LogP contribution in [0.1, 0.15) is 69.1 Å². The number of rotatable bonds is 7. The zero-order valence-electron chi connectivity index (χ0n) is 18.9. The van der Waals surface area contributed by atoms with Gasteiger partial charge in [-0.25, -0.2) is 4.68 Å². The van der Waals surface area contributed by atoms with Crippen LogP contribution in [0.3, 0.4) is 0 Å². The summed E-state index contributed by atoms with van der Waals surface area (Å²) < 4.78 is 6.99. The summed E-state index contributed by atoms with van der Waals surface area (Å²) in [6.07, 6.45) is 7.85. The molecule has 0 atom stereocenters. The van der Waals surface area contributed by atoms with E-state index in [9.17, 15) is 9.59 Å². The van der Waals surface area contributed by atoms with Gasteiger partial charge in [0.1, 0.15) is 11.9 Å². The van der Waals surface area contributed by atoms with Crippen molar-refractivity contribution in [3.05, 3.63) is 41.8 Å². The van der Waals surface area contributed by atoms with Crippen LogP contribution in [0, 0.1) is 6.92 Å². The number of nitrogens with one attached hydrogen (secondary N) is 2. The van der Waals surface area contributed by atoms with Gasteiger partial charge in [0.25, 0.3) is 0 Å². The molecule has 2 N–H and O–H groups in total. The normalized spacial score (nSPS) is 15.6. The van der Waals surface area contributed by atoms with Gasteiger partial charge < -0.3 is 15.2 Å². The Balaban J connectivity index is 1.37. The highest BCUT2D eigenvalue weighted by Gasteiger charge is 2.38. The Morgan fingerprint density at radius 3 is 2.64 bits per heavy atom. The third-order valence-electron chi connectivity index (χ3n) is 5.91. The van der Waals surface area contributed by atoms with Crippen LogP contribution in [0.4, 0.5) is 5.69 Å². The van der Waals surface area contributed by atoms with E-state index in [2.05, 4.69) is 36.3 Å². The molecule has 2 heterocycles. The van der Waals surface area contributed by atoms with Crippen LogP contribution >= 0.6 is 0 Å². The first-order valence-corrected chi connectivity index (χ1v) is 11.2. The third kappa shape index (κ3) is 5.41. The molecule has 174 valence electrons. The number of nitrogens with zero attached hydrogens (tertiary/aromatic N) is 6. The lowest BCUT2D eigenvalue weighted by atomic mass is 9.89. The SMILES string of the molecule is CC(=O)NC1(c2noc(CCC(=O)Nc3ccc(-n4cnnn4)c(C)c3)n2)CCCCCC1. The molecule has 0 bridgehead atoms. The summed E-state index contributed by atoms with van der Waals surface area (Å²) in [5.41, 5.74) is 1.85. The van der Waals surface area contributed by atoms with E-state index in [0.717, 1.165) is 49.8 Å². The summed E-state index contributed by atoms with van der Waals surface area (Å²) >= 11 is 0. The van der Waals surface area contributed by atoms with Gasteiger partial charge in [-0.15, -0.1) is 5.10 Å². The number of hydrogen-bond donors (Lipinski definition) is 2. The second-order valence-electron chi connectivity index (χ2n) is 8.49. The molecule has 3 aromatic rings. The van der Waals surface area contributed by atoms with Gasteiger partial charge in [-0.1, -0.05) is 30.8 Å². The summed E-state index contributed by atoms with van der Waals surface area (Å²) in [5, 5.41) is 21.3. The quantitative estimate of drug-likeness (QED) is 0.521. The van der Waals surface area contributed by atoms with Crippen LogP contribution in [0.15, 0.2) is 29.0 Å². The van der Waals surface area contributed by atoms with E-state index in [0.29, 0.717) is 23.8 Å². The first-order valence-electron chi connectivity index (χ1n) is 11.2. The molecule has 1 saturated carbocycles. The van der Waals surface area contributed by atoms with Gasteiger partial charge in [0.2, 0.25) is 17.7 Å². The fourth-order valence-electron chi connectivity index (χ4n) is 4.33. The van der Waals surface area contributed by atoms with E-state index in [1.807, 2.05) is 19.1 Å². The van der Waals surface area contributed by atoms with E-state index < -0.39 is 5.54 Å². The maximum absolute atomic E-state index is 12.5. The number of anilines is 1. The number of benzene rings is 1. The Morgan fingerprint density at radius 1 is 1.18 bits per heavy atom. The standard InChI is InChI=1S/C22H28N8O3/c1-15-13-17(7-8-18(15)30-14-23-28-29-30)24-19(32)9-10-20-25-21(27-33-20)22(26-16(2)31)11-5-3-4-6-12-22/h7-8,13-14H,3-6,9-12H2,1-2H3,(H,24,32)(H,26,31). The third-order valence-corrected chi connectivity index (χ3v) is 5.91. The minimum atomic E-state index is -0.592. The lowest BCUT2D eigenvalue weighted by Crippen LogP contribution is -2.45. The molecular weight excluding hydrogens is 424 g/mol. The Hall–Kier alpha value is -3.63. The summed E-state index contributed by atoms with van der Waals surface area (Å²) in [6.45, 7) is 3.43. The molecule has 1 aromatic carbocycles. The Labute approximate surface area is 191 Å². The number of aromatic nitrogens is 6. The van der Waals surface area contributed by atoms with E-state index in [4.69, 9.17) is 4.52 Å². The first-order chi connectivity index (χ1) is 15.9. The smallest absolute Gasteiger partial charge is 0.227 e. The zero-order valence-corrected chi connectivity index (χ0v) is 18.9. The average Bonchev–Trinajstić information content (AvgIpc) is 3.42. The molecule has 2 amide bonds. The van der Waals surface area contributed by atoms with E-state index in [-0.39, 0.29) is 18.2 Å². The van der Waals surface area contributed by atoms with Gasteiger partial charge in [0.15, 0.2) is 5.82 Å². The number of carbonyl (C=O) groups is 2. The molecule has 0 radical (unpaired) electrons. The Kier molecular flexibility index (Phi) is 6.76. The predicted molar refractivity (Wildman–Crippen MR) is 118 cm³/mol. The maximum atomic E-state index is 12.5. The van der Waals surface area contributed by atoms with Crippen LogP contribution in [0.25, 0.3) is 5.69 Å². The molecule has 0 saturated heterocycles. The number of aryl methyl sites for hydroxylation is 2. The van der Waals surface area contributed by atoms with E-state index in [1.165, 1.54) is 13.3 Å². The van der Waals surface area contributed by atoms with Crippen molar-refractivity contribution in [1.29, 1.82) is 0 Å². The van der Waals surface area contributed by atoms with Crippen molar-refractivity contribution in [3.8, 4) is 5.69 Å². The molecule has 2 aromatic heterocycles. The molecule has 1 aliphatic rings.